The molecule has 0 bridgehead atoms. The molecular weight excluding hydrogens is 341 g/mol. The number of rotatable bonds is 4. The molecule has 1 amide bonds. The molecule has 27 heavy (non-hydrogen) atoms. The Morgan fingerprint density at radius 2 is 1.81 bits per heavy atom. The van der Waals surface area contributed by atoms with Gasteiger partial charge >= 0.3 is 0 Å². The Labute approximate surface area is 158 Å². The molecule has 0 unspecified atom stereocenters. The predicted molar refractivity (Wildman–Crippen MR) is 103 cm³/mol. The molecule has 1 N–H and O–H groups in total. The van der Waals surface area contributed by atoms with Crippen LogP contribution in [0.4, 0.5) is 10.1 Å². The van der Waals surface area contributed by atoms with E-state index in [1.165, 1.54) is 12.1 Å². The van der Waals surface area contributed by atoms with Crippen molar-refractivity contribution < 1.29 is 14.0 Å². The van der Waals surface area contributed by atoms with Crippen LogP contribution in [0.2, 0.25) is 0 Å². The van der Waals surface area contributed by atoms with E-state index in [0.29, 0.717) is 12.8 Å². The van der Waals surface area contributed by atoms with E-state index in [4.69, 9.17) is 0 Å². The molecule has 2 aromatic carbocycles. The summed E-state index contributed by atoms with van der Waals surface area (Å²) in [5.74, 6) is -0.388. The molecule has 1 aliphatic heterocycles. The van der Waals surface area contributed by atoms with Gasteiger partial charge in [0, 0.05) is 18.0 Å². The number of fused-ring (bicyclic) bond motifs is 1. The molecule has 0 spiro atoms. The van der Waals surface area contributed by atoms with Gasteiger partial charge in [-0.2, -0.15) is 0 Å². The maximum Gasteiger partial charge on any atom is 0.235 e. The first-order valence-electron chi connectivity index (χ1n) is 9.37. The van der Waals surface area contributed by atoms with Gasteiger partial charge in [-0.3, -0.25) is 9.59 Å². The number of nitrogens with one attached hydrogen (secondary N) is 1. The third-order valence-electron chi connectivity index (χ3n) is 5.93. The topological polar surface area (TPSA) is 46.2 Å². The van der Waals surface area contributed by atoms with E-state index < -0.39 is 5.41 Å². The second kappa shape index (κ2) is 6.76. The van der Waals surface area contributed by atoms with Crippen molar-refractivity contribution in [1.82, 2.24) is 0 Å². The van der Waals surface area contributed by atoms with Crippen LogP contribution in [0.1, 0.15) is 49.7 Å². The van der Waals surface area contributed by atoms with E-state index in [0.717, 1.165) is 35.2 Å². The standard InChI is InChI=1S/C23H22FNO2/c1-23(19-7-2-3-8-21(19)25-22(23)27)20(16-9-11-17(24)12-10-16)14-15-5-4-6-18(26)13-15/h2-3,7-13,20H,4-6,14H2,1H3,(H,25,27)/t20-,23+/m0/s1. The average Bonchev–Trinajstić information content (AvgIpc) is 2.92. The highest BCUT2D eigenvalue weighted by atomic mass is 19.1. The fourth-order valence-electron chi connectivity index (χ4n) is 4.40. The van der Waals surface area contributed by atoms with Gasteiger partial charge in [-0.1, -0.05) is 35.9 Å². The minimum Gasteiger partial charge on any atom is -0.325 e. The highest BCUT2D eigenvalue weighted by Gasteiger charge is 2.49. The van der Waals surface area contributed by atoms with Crippen molar-refractivity contribution in [2.75, 3.05) is 5.32 Å². The molecule has 0 aromatic heterocycles. The van der Waals surface area contributed by atoms with Crippen molar-refractivity contribution in [3.63, 3.8) is 0 Å². The number of amides is 1. The van der Waals surface area contributed by atoms with Gasteiger partial charge < -0.3 is 5.32 Å². The lowest BCUT2D eigenvalue weighted by atomic mass is 9.66. The van der Waals surface area contributed by atoms with Gasteiger partial charge in [0.15, 0.2) is 5.78 Å². The van der Waals surface area contributed by atoms with Crippen molar-refractivity contribution in [3.05, 3.63) is 77.1 Å². The molecule has 138 valence electrons. The summed E-state index contributed by atoms with van der Waals surface area (Å²) in [7, 11) is 0. The molecule has 2 aliphatic rings. The zero-order valence-electron chi connectivity index (χ0n) is 15.3. The summed E-state index contributed by atoms with van der Waals surface area (Å²) in [5.41, 5.74) is 2.97. The van der Waals surface area contributed by atoms with Gasteiger partial charge in [0.1, 0.15) is 5.82 Å². The molecule has 0 saturated carbocycles. The second-order valence-corrected chi connectivity index (χ2v) is 7.63. The highest BCUT2D eigenvalue weighted by Crippen LogP contribution is 2.49. The molecule has 2 atom stereocenters. The molecule has 3 nitrogen and oxygen atoms in total. The lowest BCUT2D eigenvalue weighted by Gasteiger charge is -2.34. The summed E-state index contributed by atoms with van der Waals surface area (Å²) in [5, 5.41) is 3.00. The molecule has 0 saturated heterocycles. The van der Waals surface area contributed by atoms with Crippen LogP contribution >= 0.6 is 0 Å². The first-order chi connectivity index (χ1) is 13.0. The number of benzene rings is 2. The highest BCUT2D eigenvalue weighted by molar-refractivity contribution is 6.06. The van der Waals surface area contributed by atoms with E-state index in [9.17, 15) is 14.0 Å². The van der Waals surface area contributed by atoms with Crippen LogP contribution in [-0.4, -0.2) is 11.7 Å². The number of allylic oxidation sites excluding steroid dienone is 2. The summed E-state index contributed by atoms with van der Waals surface area (Å²) in [6, 6.07) is 14.1. The Morgan fingerprint density at radius 1 is 1.07 bits per heavy atom. The van der Waals surface area contributed by atoms with Gasteiger partial charge in [-0.05, 0) is 61.6 Å². The summed E-state index contributed by atoms with van der Waals surface area (Å²) in [4.78, 5) is 25.0. The lowest BCUT2D eigenvalue weighted by molar-refractivity contribution is -0.121. The molecular formula is C23H22FNO2. The first-order valence-corrected chi connectivity index (χ1v) is 9.37. The maximum absolute atomic E-state index is 13.5. The number of hydrogen-bond donors (Lipinski definition) is 1. The van der Waals surface area contributed by atoms with Gasteiger partial charge in [-0.15, -0.1) is 0 Å². The lowest BCUT2D eigenvalue weighted by Crippen LogP contribution is -2.38. The normalized spacial score (nSPS) is 22.8. The molecule has 0 radical (unpaired) electrons. The molecule has 1 heterocycles. The molecule has 1 aliphatic carbocycles. The maximum atomic E-state index is 13.5. The van der Waals surface area contributed by atoms with E-state index >= 15 is 0 Å². The molecule has 0 fully saturated rings. The monoisotopic (exact) mass is 363 g/mol. The van der Waals surface area contributed by atoms with Gasteiger partial charge in [0.25, 0.3) is 0 Å². The summed E-state index contributed by atoms with van der Waals surface area (Å²) in [6.45, 7) is 1.95. The Morgan fingerprint density at radius 3 is 2.56 bits per heavy atom. The molecule has 2 aromatic rings. The smallest absolute Gasteiger partial charge is 0.235 e. The van der Waals surface area contributed by atoms with Gasteiger partial charge in [0.2, 0.25) is 5.91 Å². The van der Waals surface area contributed by atoms with E-state index in [1.54, 1.807) is 18.2 Å². The first kappa shape index (κ1) is 17.7. The van der Waals surface area contributed by atoms with Gasteiger partial charge in [0.05, 0.1) is 5.41 Å². The largest absolute Gasteiger partial charge is 0.325 e. The second-order valence-electron chi connectivity index (χ2n) is 7.63. The number of carbonyl (C=O) groups is 2. The summed E-state index contributed by atoms with van der Waals surface area (Å²) >= 11 is 0. The predicted octanol–water partition coefficient (Wildman–Crippen LogP) is 4.89. The van der Waals surface area contributed by atoms with Crippen LogP contribution in [0.3, 0.4) is 0 Å². The Bertz CT molecular complexity index is 932. The van der Waals surface area contributed by atoms with Crippen LogP contribution in [0, 0.1) is 5.82 Å². The zero-order chi connectivity index (χ0) is 19.0. The fourth-order valence-corrected chi connectivity index (χ4v) is 4.40. The average molecular weight is 363 g/mol. The Balaban J connectivity index is 1.81. The molecule has 4 heteroatoms. The van der Waals surface area contributed by atoms with Crippen molar-refractivity contribution in [1.29, 1.82) is 0 Å². The number of halogens is 1. The van der Waals surface area contributed by atoms with Gasteiger partial charge in [-0.25, -0.2) is 4.39 Å². The summed E-state index contributed by atoms with van der Waals surface area (Å²) in [6.07, 6.45) is 4.64. The number of hydrogen-bond acceptors (Lipinski definition) is 2. The van der Waals surface area contributed by atoms with Crippen molar-refractivity contribution in [3.8, 4) is 0 Å². The minimum absolute atomic E-state index is 0.0549. The number of ketones is 1. The van der Waals surface area contributed by atoms with Crippen molar-refractivity contribution >= 4 is 17.4 Å². The van der Waals surface area contributed by atoms with E-state index in [-0.39, 0.29) is 23.4 Å². The zero-order valence-corrected chi connectivity index (χ0v) is 15.3. The van der Waals surface area contributed by atoms with E-state index in [1.807, 2.05) is 31.2 Å². The van der Waals surface area contributed by atoms with Crippen molar-refractivity contribution in [2.45, 2.75) is 43.9 Å². The van der Waals surface area contributed by atoms with Crippen LogP contribution < -0.4 is 5.32 Å². The van der Waals surface area contributed by atoms with Crippen molar-refractivity contribution in [2.24, 2.45) is 0 Å². The van der Waals surface area contributed by atoms with Crippen LogP contribution in [0.25, 0.3) is 0 Å². The third-order valence-corrected chi connectivity index (χ3v) is 5.93. The van der Waals surface area contributed by atoms with Crippen LogP contribution in [0.5, 0.6) is 0 Å². The molecule has 4 rings (SSSR count). The van der Waals surface area contributed by atoms with Crippen LogP contribution in [0.15, 0.2) is 60.2 Å². The Kier molecular flexibility index (Phi) is 4.42. The SMILES string of the molecule is C[C@@]1([C@@H](CC2=CC(=O)CCC2)c2ccc(F)cc2)C(=O)Nc2ccccc21. The number of anilines is 1. The quantitative estimate of drug-likeness (QED) is 0.841. The van der Waals surface area contributed by atoms with E-state index in [2.05, 4.69) is 5.32 Å². The third kappa shape index (κ3) is 3.09. The minimum atomic E-state index is -0.782. The van der Waals surface area contributed by atoms with Crippen LogP contribution in [-0.2, 0) is 15.0 Å². The number of para-hydroxylation sites is 1. The summed E-state index contributed by atoms with van der Waals surface area (Å²) < 4.78 is 13.5. The number of carbonyl (C=O) groups excluding carboxylic acids is 2. The fraction of sp³-hybridized carbons (Fsp3) is 0.304. The Hall–Kier alpha value is -2.75.